The number of alkyl halides is 2. The molecule has 0 spiro atoms. The van der Waals surface area contributed by atoms with Gasteiger partial charge in [0.1, 0.15) is 5.82 Å². The summed E-state index contributed by atoms with van der Waals surface area (Å²) in [7, 11) is 0. The normalized spacial score (nSPS) is 31.4. The minimum absolute atomic E-state index is 0.304. The molecule has 4 nitrogen and oxygen atoms in total. The SMILES string of the molecule is Cc1nc(C2C3CN(C(C)C)CC32)nn1C(F)F. The van der Waals surface area contributed by atoms with Gasteiger partial charge >= 0.3 is 6.55 Å². The van der Waals surface area contributed by atoms with E-state index < -0.39 is 6.55 Å². The topological polar surface area (TPSA) is 34.0 Å². The number of hydrogen-bond acceptors (Lipinski definition) is 3. The van der Waals surface area contributed by atoms with Crippen molar-refractivity contribution in [1.29, 1.82) is 0 Å². The zero-order chi connectivity index (χ0) is 13.0. The van der Waals surface area contributed by atoms with Crippen LogP contribution in [0.25, 0.3) is 0 Å². The summed E-state index contributed by atoms with van der Waals surface area (Å²) in [5.74, 6) is 2.37. The number of likely N-dealkylation sites (tertiary alicyclic amines) is 1. The molecule has 2 heterocycles. The maximum atomic E-state index is 12.6. The number of aromatic nitrogens is 3. The fourth-order valence-electron chi connectivity index (χ4n) is 3.11. The molecule has 100 valence electrons. The van der Waals surface area contributed by atoms with Gasteiger partial charge < -0.3 is 4.90 Å². The molecule has 1 aromatic heterocycles. The average Bonchev–Trinajstić information content (AvgIpc) is 2.68. The lowest BCUT2D eigenvalue weighted by Gasteiger charge is -2.22. The molecule has 3 rings (SSSR count). The molecule has 2 atom stereocenters. The highest BCUT2D eigenvalue weighted by atomic mass is 19.3. The van der Waals surface area contributed by atoms with Crippen molar-refractivity contribution in [3.63, 3.8) is 0 Å². The predicted octanol–water partition coefficient (Wildman–Crippen LogP) is 2.04. The fraction of sp³-hybridized carbons (Fsp3) is 0.833. The van der Waals surface area contributed by atoms with Gasteiger partial charge in [-0.3, -0.25) is 0 Å². The molecule has 0 bridgehead atoms. The second-order valence-electron chi connectivity index (χ2n) is 5.64. The van der Waals surface area contributed by atoms with Crippen LogP contribution in [-0.2, 0) is 0 Å². The van der Waals surface area contributed by atoms with Crippen LogP contribution in [0.2, 0.25) is 0 Å². The van der Waals surface area contributed by atoms with Crippen molar-refractivity contribution in [3.8, 4) is 0 Å². The number of piperidine rings is 1. The van der Waals surface area contributed by atoms with E-state index >= 15 is 0 Å². The molecule has 1 aliphatic heterocycles. The molecule has 1 aromatic rings. The quantitative estimate of drug-likeness (QED) is 0.830. The molecule has 2 aliphatic rings. The molecule has 1 saturated heterocycles. The molecule has 0 aromatic carbocycles. The highest BCUT2D eigenvalue weighted by Crippen LogP contribution is 2.57. The van der Waals surface area contributed by atoms with Crippen molar-refractivity contribution < 1.29 is 8.78 Å². The van der Waals surface area contributed by atoms with Gasteiger partial charge in [0.15, 0.2) is 5.82 Å². The van der Waals surface area contributed by atoms with Gasteiger partial charge in [-0.25, -0.2) is 4.98 Å². The van der Waals surface area contributed by atoms with E-state index in [4.69, 9.17) is 0 Å². The van der Waals surface area contributed by atoms with E-state index in [1.807, 2.05) is 0 Å². The Labute approximate surface area is 105 Å². The summed E-state index contributed by atoms with van der Waals surface area (Å²) < 4.78 is 26.0. The smallest absolute Gasteiger partial charge is 0.300 e. The molecule has 18 heavy (non-hydrogen) atoms. The van der Waals surface area contributed by atoms with E-state index in [2.05, 4.69) is 28.8 Å². The first kappa shape index (κ1) is 12.0. The number of hydrogen-bond donors (Lipinski definition) is 0. The van der Waals surface area contributed by atoms with Crippen LogP contribution in [0.1, 0.15) is 38.0 Å². The lowest BCUT2D eigenvalue weighted by atomic mass is 10.2. The van der Waals surface area contributed by atoms with Gasteiger partial charge in [-0.15, -0.1) is 0 Å². The van der Waals surface area contributed by atoms with E-state index in [0.29, 0.717) is 35.4 Å². The van der Waals surface area contributed by atoms with Crippen molar-refractivity contribution >= 4 is 0 Å². The molecule has 2 fully saturated rings. The minimum Gasteiger partial charge on any atom is -0.300 e. The first-order chi connectivity index (χ1) is 8.49. The van der Waals surface area contributed by atoms with Gasteiger partial charge in [0.05, 0.1) is 0 Å². The van der Waals surface area contributed by atoms with Gasteiger partial charge in [0.2, 0.25) is 0 Å². The van der Waals surface area contributed by atoms with Crippen LogP contribution in [0.3, 0.4) is 0 Å². The molecular weight excluding hydrogens is 238 g/mol. The fourth-order valence-corrected chi connectivity index (χ4v) is 3.11. The summed E-state index contributed by atoms with van der Waals surface area (Å²) in [5, 5.41) is 3.96. The lowest BCUT2D eigenvalue weighted by Crippen LogP contribution is -2.31. The lowest BCUT2D eigenvalue weighted by molar-refractivity contribution is 0.0535. The molecule has 1 saturated carbocycles. The molecular formula is C12H18F2N4. The van der Waals surface area contributed by atoms with Crippen LogP contribution in [0.4, 0.5) is 8.78 Å². The zero-order valence-electron chi connectivity index (χ0n) is 10.8. The number of rotatable bonds is 3. The van der Waals surface area contributed by atoms with Crippen molar-refractivity contribution in [2.45, 2.75) is 39.3 Å². The van der Waals surface area contributed by atoms with Gasteiger partial charge in [0, 0.05) is 25.0 Å². The van der Waals surface area contributed by atoms with E-state index in [0.717, 1.165) is 17.8 Å². The molecule has 0 N–H and O–H groups in total. The molecule has 6 heteroatoms. The number of fused-ring (bicyclic) bond motifs is 1. The van der Waals surface area contributed by atoms with Crippen molar-refractivity contribution in [3.05, 3.63) is 11.6 Å². The third-order valence-corrected chi connectivity index (χ3v) is 4.25. The van der Waals surface area contributed by atoms with Crippen molar-refractivity contribution in [2.75, 3.05) is 13.1 Å². The summed E-state index contributed by atoms with van der Waals surface area (Å²) in [6.45, 7) is 5.48. The van der Waals surface area contributed by atoms with Gasteiger partial charge in [0.25, 0.3) is 0 Å². The summed E-state index contributed by atoms with van der Waals surface area (Å²) in [6, 6.07) is 0.562. The van der Waals surface area contributed by atoms with Gasteiger partial charge in [-0.2, -0.15) is 18.6 Å². The Bertz CT molecular complexity index is 445. The first-order valence-corrected chi connectivity index (χ1v) is 6.44. The van der Waals surface area contributed by atoms with Gasteiger partial charge in [-0.05, 0) is 32.6 Å². The molecule has 2 unspecified atom stereocenters. The third kappa shape index (κ3) is 1.74. The molecule has 1 aliphatic carbocycles. The predicted molar refractivity (Wildman–Crippen MR) is 62.4 cm³/mol. The summed E-state index contributed by atoms with van der Waals surface area (Å²) in [5.41, 5.74) is 0. The van der Waals surface area contributed by atoms with Crippen LogP contribution in [0.5, 0.6) is 0 Å². The first-order valence-electron chi connectivity index (χ1n) is 6.44. The Morgan fingerprint density at radius 2 is 1.83 bits per heavy atom. The summed E-state index contributed by atoms with van der Waals surface area (Å²) in [4.78, 5) is 6.63. The monoisotopic (exact) mass is 256 g/mol. The van der Waals surface area contributed by atoms with Crippen LogP contribution < -0.4 is 0 Å². The number of aryl methyl sites for hydroxylation is 1. The van der Waals surface area contributed by atoms with Crippen molar-refractivity contribution in [1.82, 2.24) is 19.7 Å². The Balaban J connectivity index is 1.71. The highest BCUT2D eigenvalue weighted by Gasteiger charge is 2.58. The maximum Gasteiger partial charge on any atom is 0.334 e. The number of nitrogens with zero attached hydrogens (tertiary/aromatic N) is 4. The Morgan fingerprint density at radius 1 is 1.22 bits per heavy atom. The molecule has 0 radical (unpaired) electrons. The number of halogens is 2. The second kappa shape index (κ2) is 3.98. The summed E-state index contributed by atoms with van der Waals surface area (Å²) >= 11 is 0. The van der Waals surface area contributed by atoms with E-state index in [9.17, 15) is 8.78 Å². The van der Waals surface area contributed by atoms with E-state index in [-0.39, 0.29) is 0 Å². The standard InChI is InChI=1S/C12H18F2N4/c1-6(2)17-4-8-9(5-17)10(8)11-15-7(3)18(16-11)12(13)14/h6,8-10,12H,4-5H2,1-3H3. The second-order valence-corrected chi connectivity index (χ2v) is 5.64. The maximum absolute atomic E-state index is 12.6. The zero-order valence-corrected chi connectivity index (χ0v) is 10.8. The van der Waals surface area contributed by atoms with Crippen LogP contribution in [0.15, 0.2) is 0 Å². The Morgan fingerprint density at radius 3 is 2.28 bits per heavy atom. The largest absolute Gasteiger partial charge is 0.334 e. The van der Waals surface area contributed by atoms with Crippen LogP contribution in [-0.4, -0.2) is 38.8 Å². The Kier molecular flexibility index (Phi) is 2.66. The van der Waals surface area contributed by atoms with E-state index in [1.165, 1.54) is 0 Å². The average molecular weight is 256 g/mol. The van der Waals surface area contributed by atoms with Crippen molar-refractivity contribution in [2.24, 2.45) is 11.8 Å². The summed E-state index contributed by atoms with van der Waals surface area (Å²) in [6.07, 6.45) is 0. The van der Waals surface area contributed by atoms with Gasteiger partial charge in [-0.1, -0.05) is 0 Å². The minimum atomic E-state index is -2.59. The Hall–Kier alpha value is -1.04. The molecule has 0 amide bonds. The van der Waals surface area contributed by atoms with E-state index in [1.54, 1.807) is 6.92 Å². The highest BCUT2D eigenvalue weighted by molar-refractivity contribution is 5.20. The van der Waals surface area contributed by atoms with Crippen LogP contribution >= 0.6 is 0 Å². The third-order valence-electron chi connectivity index (χ3n) is 4.25. The van der Waals surface area contributed by atoms with Crippen LogP contribution in [0, 0.1) is 18.8 Å².